The van der Waals surface area contributed by atoms with Gasteiger partial charge in [0.1, 0.15) is 6.54 Å². The first-order valence-corrected chi connectivity index (χ1v) is 12.5. The predicted molar refractivity (Wildman–Crippen MR) is 123 cm³/mol. The molecule has 32 heavy (non-hydrogen) atoms. The van der Waals surface area contributed by atoms with Gasteiger partial charge in [0.05, 0.1) is 4.90 Å². The molecule has 2 aliphatic rings. The second-order valence-corrected chi connectivity index (χ2v) is 10.5. The molecule has 2 saturated heterocycles. The Morgan fingerprint density at radius 2 is 1.62 bits per heavy atom. The molecule has 2 aliphatic heterocycles. The molecule has 0 aliphatic carbocycles. The normalized spacial score (nSPS) is 17.7. The van der Waals surface area contributed by atoms with Crippen LogP contribution in [0.2, 0.25) is 0 Å². The van der Waals surface area contributed by atoms with Crippen LogP contribution in [0.1, 0.15) is 24.0 Å². The standard InChI is InChI=1S/C23H30N4O4S/c1-18-6-5-7-21(19(18)2)24-12-14-25(15-13-24)23(29)17-26-16-20(8-9-22(26)28)32(30,31)27-10-3-4-11-27/h5-9,16H,3-4,10-15,17H2,1-2H3. The smallest absolute Gasteiger partial charge is 0.251 e. The topological polar surface area (TPSA) is 82.9 Å². The number of rotatable bonds is 5. The van der Waals surface area contributed by atoms with E-state index in [-0.39, 0.29) is 22.9 Å². The van der Waals surface area contributed by atoms with Crippen molar-refractivity contribution in [2.75, 3.05) is 44.2 Å². The fourth-order valence-electron chi connectivity index (χ4n) is 4.38. The number of carbonyl (C=O) groups excluding carboxylic acids is 1. The molecule has 3 heterocycles. The summed E-state index contributed by atoms with van der Waals surface area (Å²) in [6.45, 7) is 7.58. The van der Waals surface area contributed by atoms with Gasteiger partial charge >= 0.3 is 0 Å². The molecule has 1 amide bonds. The number of aryl methyl sites for hydroxylation is 1. The van der Waals surface area contributed by atoms with Gasteiger partial charge in [0.25, 0.3) is 5.56 Å². The Bertz CT molecular complexity index is 1160. The number of amides is 1. The molecule has 8 nitrogen and oxygen atoms in total. The van der Waals surface area contributed by atoms with Gasteiger partial charge in [-0.2, -0.15) is 4.31 Å². The maximum absolute atomic E-state index is 12.9. The number of benzene rings is 1. The zero-order valence-corrected chi connectivity index (χ0v) is 19.5. The van der Waals surface area contributed by atoms with E-state index in [2.05, 4.69) is 30.9 Å². The highest BCUT2D eigenvalue weighted by atomic mass is 32.2. The van der Waals surface area contributed by atoms with E-state index in [4.69, 9.17) is 0 Å². The van der Waals surface area contributed by atoms with Crippen LogP contribution in [0, 0.1) is 13.8 Å². The van der Waals surface area contributed by atoms with Crippen molar-refractivity contribution in [1.29, 1.82) is 0 Å². The van der Waals surface area contributed by atoms with E-state index in [0.29, 0.717) is 39.3 Å². The number of hydrogen-bond donors (Lipinski definition) is 0. The van der Waals surface area contributed by atoms with Crippen LogP contribution in [0.25, 0.3) is 0 Å². The molecule has 0 N–H and O–H groups in total. The molecule has 2 fully saturated rings. The third kappa shape index (κ3) is 4.45. The third-order valence-corrected chi connectivity index (χ3v) is 8.40. The Morgan fingerprint density at radius 1 is 0.938 bits per heavy atom. The van der Waals surface area contributed by atoms with Crippen molar-refractivity contribution >= 4 is 21.6 Å². The molecule has 4 rings (SSSR count). The van der Waals surface area contributed by atoms with Crippen molar-refractivity contribution in [3.63, 3.8) is 0 Å². The predicted octanol–water partition coefficient (Wildman–Crippen LogP) is 1.60. The zero-order valence-electron chi connectivity index (χ0n) is 18.7. The van der Waals surface area contributed by atoms with Crippen LogP contribution in [-0.2, 0) is 21.4 Å². The van der Waals surface area contributed by atoms with E-state index in [0.717, 1.165) is 12.8 Å². The van der Waals surface area contributed by atoms with E-state index in [1.807, 2.05) is 6.07 Å². The van der Waals surface area contributed by atoms with Crippen molar-refractivity contribution in [2.45, 2.75) is 38.1 Å². The van der Waals surface area contributed by atoms with Gasteiger partial charge in [-0.3, -0.25) is 9.59 Å². The van der Waals surface area contributed by atoms with Crippen LogP contribution < -0.4 is 10.5 Å². The first-order chi connectivity index (χ1) is 15.3. The van der Waals surface area contributed by atoms with Crippen molar-refractivity contribution < 1.29 is 13.2 Å². The number of pyridine rings is 1. The number of sulfonamides is 1. The molecule has 1 aromatic carbocycles. The van der Waals surface area contributed by atoms with Gasteiger partial charge in [0, 0.05) is 57.2 Å². The lowest BCUT2D eigenvalue weighted by Crippen LogP contribution is -2.50. The minimum atomic E-state index is -3.64. The molecule has 9 heteroatoms. The lowest BCUT2D eigenvalue weighted by atomic mass is 10.1. The van der Waals surface area contributed by atoms with Gasteiger partial charge in [-0.1, -0.05) is 12.1 Å². The molecular formula is C23H30N4O4S. The van der Waals surface area contributed by atoms with Crippen molar-refractivity contribution in [3.8, 4) is 0 Å². The maximum atomic E-state index is 12.9. The Kier molecular flexibility index (Phi) is 6.39. The molecule has 0 radical (unpaired) electrons. The Balaban J connectivity index is 1.43. The Morgan fingerprint density at radius 3 is 2.31 bits per heavy atom. The molecule has 0 unspecified atom stereocenters. The molecule has 2 aromatic rings. The largest absolute Gasteiger partial charge is 0.368 e. The van der Waals surface area contributed by atoms with Crippen molar-refractivity contribution in [2.24, 2.45) is 0 Å². The summed E-state index contributed by atoms with van der Waals surface area (Å²) in [6, 6.07) is 8.81. The van der Waals surface area contributed by atoms with Crippen LogP contribution in [0.5, 0.6) is 0 Å². The first-order valence-electron chi connectivity index (χ1n) is 11.1. The van der Waals surface area contributed by atoms with Crippen LogP contribution in [0.3, 0.4) is 0 Å². The van der Waals surface area contributed by atoms with E-state index in [1.165, 1.54) is 44.0 Å². The fourth-order valence-corrected chi connectivity index (χ4v) is 5.92. The van der Waals surface area contributed by atoms with Gasteiger partial charge in [-0.05, 0) is 49.9 Å². The second-order valence-electron chi connectivity index (χ2n) is 8.53. The third-order valence-electron chi connectivity index (χ3n) is 6.51. The van der Waals surface area contributed by atoms with E-state index >= 15 is 0 Å². The van der Waals surface area contributed by atoms with E-state index in [9.17, 15) is 18.0 Å². The SMILES string of the molecule is Cc1cccc(N2CCN(C(=O)Cn3cc(S(=O)(=O)N4CCCC4)ccc3=O)CC2)c1C. The number of nitrogens with zero attached hydrogens (tertiary/aromatic N) is 4. The van der Waals surface area contributed by atoms with Gasteiger partial charge in [-0.25, -0.2) is 8.42 Å². The summed E-state index contributed by atoms with van der Waals surface area (Å²) in [6.07, 6.45) is 2.98. The summed E-state index contributed by atoms with van der Waals surface area (Å²) < 4.78 is 28.3. The average molecular weight is 459 g/mol. The summed E-state index contributed by atoms with van der Waals surface area (Å²) in [5.41, 5.74) is 3.29. The number of anilines is 1. The van der Waals surface area contributed by atoms with Crippen molar-refractivity contribution in [1.82, 2.24) is 13.8 Å². The monoisotopic (exact) mass is 458 g/mol. The summed E-state index contributed by atoms with van der Waals surface area (Å²) in [5.74, 6) is -0.177. The minimum Gasteiger partial charge on any atom is -0.368 e. The second kappa shape index (κ2) is 9.07. The average Bonchev–Trinajstić information content (AvgIpc) is 3.33. The van der Waals surface area contributed by atoms with Crippen LogP contribution >= 0.6 is 0 Å². The molecule has 0 atom stereocenters. The van der Waals surface area contributed by atoms with E-state index in [1.54, 1.807) is 4.90 Å². The molecule has 172 valence electrons. The van der Waals surface area contributed by atoms with Gasteiger partial charge in [0.15, 0.2) is 0 Å². The van der Waals surface area contributed by atoms with Gasteiger partial charge < -0.3 is 14.4 Å². The number of hydrogen-bond acceptors (Lipinski definition) is 5. The summed E-state index contributed by atoms with van der Waals surface area (Å²) in [4.78, 5) is 29.3. The van der Waals surface area contributed by atoms with E-state index < -0.39 is 10.0 Å². The molecule has 1 aromatic heterocycles. The molecule has 0 spiro atoms. The lowest BCUT2D eigenvalue weighted by molar-refractivity contribution is -0.132. The fraction of sp³-hybridized carbons (Fsp3) is 0.478. The molecular weight excluding hydrogens is 428 g/mol. The highest BCUT2D eigenvalue weighted by Crippen LogP contribution is 2.24. The first kappa shape index (κ1) is 22.5. The van der Waals surface area contributed by atoms with Crippen molar-refractivity contribution in [3.05, 3.63) is 58.0 Å². The molecule has 0 saturated carbocycles. The summed E-state index contributed by atoms with van der Waals surface area (Å²) in [7, 11) is -3.64. The van der Waals surface area contributed by atoms with Crippen LogP contribution in [0.15, 0.2) is 46.2 Å². The Hall–Kier alpha value is -2.65. The number of aromatic nitrogens is 1. The van der Waals surface area contributed by atoms with Crippen LogP contribution in [-0.4, -0.2) is 67.4 Å². The number of piperazine rings is 1. The Labute approximate surface area is 189 Å². The highest BCUT2D eigenvalue weighted by Gasteiger charge is 2.28. The van der Waals surface area contributed by atoms with Crippen LogP contribution in [0.4, 0.5) is 5.69 Å². The summed E-state index contributed by atoms with van der Waals surface area (Å²) >= 11 is 0. The maximum Gasteiger partial charge on any atom is 0.251 e. The van der Waals surface area contributed by atoms with Gasteiger partial charge in [0.2, 0.25) is 15.9 Å². The molecule has 0 bridgehead atoms. The zero-order chi connectivity index (χ0) is 22.9. The highest BCUT2D eigenvalue weighted by molar-refractivity contribution is 7.89. The minimum absolute atomic E-state index is 0.0616. The van der Waals surface area contributed by atoms with Gasteiger partial charge in [-0.15, -0.1) is 0 Å². The lowest BCUT2D eigenvalue weighted by Gasteiger charge is -2.37. The number of carbonyl (C=O) groups is 1. The summed E-state index contributed by atoms with van der Waals surface area (Å²) in [5, 5.41) is 0. The quantitative estimate of drug-likeness (QED) is 0.680.